The van der Waals surface area contributed by atoms with Crippen LogP contribution in [0, 0.1) is 0 Å². The summed E-state index contributed by atoms with van der Waals surface area (Å²) >= 11 is 0. The summed E-state index contributed by atoms with van der Waals surface area (Å²) in [6.45, 7) is 0. The number of benzene rings is 1. The number of rotatable bonds is 2. The quantitative estimate of drug-likeness (QED) is 0.528. The summed E-state index contributed by atoms with van der Waals surface area (Å²) in [5.74, 6) is 0. The lowest BCUT2D eigenvalue weighted by Gasteiger charge is -2.10. The third-order valence-corrected chi connectivity index (χ3v) is 3.38. The van der Waals surface area contributed by atoms with Crippen molar-refractivity contribution in [1.29, 1.82) is 0 Å². The minimum Gasteiger partial charge on any atom is -0.316 e. The van der Waals surface area contributed by atoms with Crippen LogP contribution >= 0.6 is 0 Å². The monoisotopic (exact) mass is 294 g/mol. The van der Waals surface area contributed by atoms with Crippen LogP contribution in [0.15, 0.2) is 59.2 Å². The number of hydrogen-bond donors (Lipinski definition) is 2. The van der Waals surface area contributed by atoms with E-state index in [2.05, 4.69) is 19.9 Å². The average Bonchev–Trinajstić information content (AvgIpc) is 3.21. The molecule has 0 amide bonds. The molecule has 2 N–H and O–H groups in total. The predicted molar refractivity (Wildman–Crippen MR) is 79.4 cm³/mol. The molecule has 0 saturated heterocycles. The van der Waals surface area contributed by atoms with Gasteiger partial charge in [0, 0.05) is 24.8 Å². The van der Waals surface area contributed by atoms with Crippen molar-refractivity contribution in [2.24, 2.45) is 0 Å². The van der Waals surface area contributed by atoms with E-state index in [1.807, 2.05) is 10.6 Å². The lowest BCUT2D eigenvalue weighted by Crippen LogP contribution is -2.29. The highest BCUT2D eigenvalue weighted by molar-refractivity contribution is 5.85. The Balaban J connectivity index is 2.12. The summed E-state index contributed by atoms with van der Waals surface area (Å²) in [6.07, 6.45) is 10.1. The Morgan fingerprint density at radius 3 is 2.23 bits per heavy atom. The van der Waals surface area contributed by atoms with E-state index in [9.17, 15) is 9.59 Å². The minimum atomic E-state index is -0.691. The average molecular weight is 294 g/mol. The van der Waals surface area contributed by atoms with E-state index in [0.29, 0.717) is 16.7 Å². The maximum atomic E-state index is 11.6. The fourth-order valence-corrected chi connectivity index (χ4v) is 2.36. The number of hydrogen-bond acceptors (Lipinski definition) is 4. The molecule has 4 rings (SSSR count). The third kappa shape index (κ3) is 1.85. The molecule has 0 fully saturated rings. The molecule has 1 aromatic carbocycles. The van der Waals surface area contributed by atoms with E-state index in [1.54, 1.807) is 48.1 Å². The van der Waals surface area contributed by atoms with Gasteiger partial charge in [0.2, 0.25) is 0 Å². The van der Waals surface area contributed by atoms with Gasteiger partial charge in [0.25, 0.3) is 0 Å². The molecule has 0 radical (unpaired) electrons. The Morgan fingerprint density at radius 1 is 0.864 bits per heavy atom. The van der Waals surface area contributed by atoms with Crippen molar-refractivity contribution in [1.82, 2.24) is 29.1 Å². The first-order valence-electron chi connectivity index (χ1n) is 6.49. The molecule has 3 heterocycles. The second-order valence-corrected chi connectivity index (χ2v) is 4.74. The van der Waals surface area contributed by atoms with Gasteiger partial charge >= 0.3 is 11.1 Å². The smallest absolute Gasteiger partial charge is 0.314 e. The van der Waals surface area contributed by atoms with Crippen molar-refractivity contribution in [3.63, 3.8) is 0 Å². The minimum absolute atomic E-state index is 0.527. The van der Waals surface area contributed by atoms with Crippen LogP contribution in [0.2, 0.25) is 0 Å². The van der Waals surface area contributed by atoms with Gasteiger partial charge in [-0.2, -0.15) is 0 Å². The largest absolute Gasteiger partial charge is 0.316 e. The predicted octanol–water partition coefficient (Wildman–Crippen LogP) is 0.588. The molecule has 108 valence electrons. The van der Waals surface area contributed by atoms with E-state index in [1.165, 1.54) is 0 Å². The van der Waals surface area contributed by atoms with Crippen molar-refractivity contribution in [2.45, 2.75) is 0 Å². The number of nitrogens with zero attached hydrogens (tertiary/aromatic N) is 4. The molecular weight excluding hydrogens is 284 g/mol. The molecule has 0 aliphatic rings. The van der Waals surface area contributed by atoms with Gasteiger partial charge in [-0.1, -0.05) is 0 Å². The summed E-state index contributed by atoms with van der Waals surface area (Å²) in [6, 6.07) is 3.65. The zero-order chi connectivity index (χ0) is 15.1. The first-order chi connectivity index (χ1) is 10.7. The Bertz CT molecular complexity index is 1060. The highest BCUT2D eigenvalue weighted by Crippen LogP contribution is 2.22. The van der Waals surface area contributed by atoms with Gasteiger partial charge in [0.15, 0.2) is 0 Å². The van der Waals surface area contributed by atoms with Crippen LogP contribution in [0.3, 0.4) is 0 Å². The van der Waals surface area contributed by atoms with Gasteiger partial charge in [0.05, 0.1) is 35.1 Å². The SMILES string of the molecule is O=c1[nH]c2cc(-n3ccnc3)cc(-n3ccnc3)c2[nH]c1=O. The summed E-state index contributed by atoms with van der Waals surface area (Å²) in [7, 11) is 0. The van der Waals surface area contributed by atoms with E-state index >= 15 is 0 Å². The summed E-state index contributed by atoms with van der Waals surface area (Å²) < 4.78 is 3.57. The summed E-state index contributed by atoms with van der Waals surface area (Å²) in [5, 5.41) is 0. The first-order valence-corrected chi connectivity index (χ1v) is 6.49. The fourth-order valence-electron chi connectivity index (χ4n) is 2.36. The normalized spacial score (nSPS) is 11.1. The van der Waals surface area contributed by atoms with Gasteiger partial charge in [-0.05, 0) is 12.1 Å². The number of nitrogens with one attached hydrogen (secondary N) is 2. The third-order valence-electron chi connectivity index (χ3n) is 3.38. The van der Waals surface area contributed by atoms with Crippen LogP contribution in [-0.4, -0.2) is 29.1 Å². The molecule has 0 aliphatic carbocycles. The summed E-state index contributed by atoms with van der Waals surface area (Å²) in [5.41, 5.74) is 1.19. The molecule has 3 aromatic heterocycles. The van der Waals surface area contributed by atoms with E-state index in [-0.39, 0.29) is 0 Å². The molecule has 0 aliphatic heterocycles. The zero-order valence-electron chi connectivity index (χ0n) is 11.2. The van der Waals surface area contributed by atoms with Crippen molar-refractivity contribution in [3.05, 3.63) is 70.3 Å². The highest BCUT2D eigenvalue weighted by atomic mass is 16.2. The molecule has 4 aromatic rings. The van der Waals surface area contributed by atoms with Crippen LogP contribution < -0.4 is 11.1 Å². The molecule has 0 unspecified atom stereocenters. The maximum Gasteiger partial charge on any atom is 0.314 e. The molecule has 22 heavy (non-hydrogen) atoms. The summed E-state index contributed by atoms with van der Waals surface area (Å²) in [4.78, 5) is 36.5. The van der Waals surface area contributed by atoms with Crippen molar-refractivity contribution in [3.8, 4) is 11.4 Å². The van der Waals surface area contributed by atoms with E-state index in [0.717, 1.165) is 5.69 Å². The van der Waals surface area contributed by atoms with Crippen molar-refractivity contribution >= 4 is 11.0 Å². The van der Waals surface area contributed by atoms with Gasteiger partial charge in [-0.25, -0.2) is 9.97 Å². The van der Waals surface area contributed by atoms with Crippen LogP contribution in [0.1, 0.15) is 0 Å². The molecule has 0 saturated carbocycles. The second-order valence-electron chi connectivity index (χ2n) is 4.74. The van der Waals surface area contributed by atoms with E-state index in [4.69, 9.17) is 0 Å². The van der Waals surface area contributed by atoms with Crippen LogP contribution in [0.4, 0.5) is 0 Å². The number of aromatic nitrogens is 6. The standard InChI is InChI=1S/C14H10N6O2/c21-13-14(22)18-12-10(17-13)5-9(19-3-1-15-7-19)6-11(12)20-4-2-16-8-20/h1-8H,(H,17,21)(H,18,22). The zero-order valence-corrected chi connectivity index (χ0v) is 11.2. The van der Waals surface area contributed by atoms with Gasteiger partial charge < -0.3 is 19.1 Å². The van der Waals surface area contributed by atoms with Gasteiger partial charge in [-0.3, -0.25) is 9.59 Å². The molecular formula is C14H10N6O2. The van der Waals surface area contributed by atoms with Crippen LogP contribution in [0.25, 0.3) is 22.4 Å². The Labute approximate surface area is 122 Å². The molecule has 8 nitrogen and oxygen atoms in total. The van der Waals surface area contributed by atoms with Crippen molar-refractivity contribution < 1.29 is 0 Å². The molecule has 0 spiro atoms. The van der Waals surface area contributed by atoms with Crippen LogP contribution in [-0.2, 0) is 0 Å². The van der Waals surface area contributed by atoms with Gasteiger partial charge in [0.1, 0.15) is 0 Å². The van der Waals surface area contributed by atoms with Crippen LogP contribution in [0.5, 0.6) is 0 Å². The molecule has 8 heteroatoms. The highest BCUT2D eigenvalue weighted by Gasteiger charge is 2.10. The Hall–Kier alpha value is -3.42. The number of aromatic amines is 2. The number of fused-ring (bicyclic) bond motifs is 1. The number of imidazole rings is 2. The topological polar surface area (TPSA) is 101 Å². The van der Waals surface area contributed by atoms with Crippen molar-refractivity contribution in [2.75, 3.05) is 0 Å². The fraction of sp³-hybridized carbons (Fsp3) is 0. The lowest BCUT2D eigenvalue weighted by molar-refractivity contribution is 1.02. The Morgan fingerprint density at radius 2 is 1.55 bits per heavy atom. The van der Waals surface area contributed by atoms with E-state index < -0.39 is 11.1 Å². The lowest BCUT2D eigenvalue weighted by atomic mass is 10.2. The Kier molecular flexibility index (Phi) is 2.55. The van der Waals surface area contributed by atoms with Gasteiger partial charge in [-0.15, -0.1) is 0 Å². The first kappa shape index (κ1) is 12.3. The molecule has 0 atom stereocenters. The molecule has 0 bridgehead atoms. The second kappa shape index (κ2) is 4.55. The number of H-pyrrole nitrogens is 2. The maximum absolute atomic E-state index is 11.6.